The second-order valence-electron chi connectivity index (χ2n) is 6.79. The van der Waals surface area contributed by atoms with E-state index in [2.05, 4.69) is 39.9 Å². The number of hydrogen-bond acceptors (Lipinski definition) is 5. The number of rotatable bonds is 8. The van der Waals surface area contributed by atoms with E-state index < -0.39 is 5.60 Å². The van der Waals surface area contributed by atoms with Gasteiger partial charge in [-0.2, -0.15) is 0 Å². The smallest absolute Gasteiger partial charge is 0.191 e. The Hall–Kier alpha value is -2.77. The third-order valence-corrected chi connectivity index (χ3v) is 5.54. The molecule has 1 aromatic carbocycles. The molecular formula is C22H27N3O3S. The molecular weight excluding hydrogens is 386 g/mol. The van der Waals surface area contributed by atoms with Crippen LogP contribution in [-0.2, 0) is 12.1 Å². The fraction of sp³-hybridized carbons (Fsp3) is 0.318. The van der Waals surface area contributed by atoms with E-state index in [0.29, 0.717) is 18.3 Å². The molecule has 0 bridgehead atoms. The van der Waals surface area contributed by atoms with Crippen molar-refractivity contribution in [2.45, 2.75) is 26.0 Å². The van der Waals surface area contributed by atoms with Gasteiger partial charge in [0.2, 0.25) is 0 Å². The van der Waals surface area contributed by atoms with Crippen molar-refractivity contribution in [3.63, 3.8) is 0 Å². The summed E-state index contributed by atoms with van der Waals surface area (Å²) in [6, 6.07) is 15.8. The number of nitrogens with one attached hydrogen (secondary N) is 2. The number of hydrogen-bond donors (Lipinski definition) is 3. The minimum absolute atomic E-state index is 0.286. The van der Waals surface area contributed by atoms with Crippen molar-refractivity contribution in [2.75, 3.05) is 20.2 Å². The second-order valence-corrected chi connectivity index (χ2v) is 7.96. The summed E-state index contributed by atoms with van der Waals surface area (Å²) in [5, 5.41) is 17.0. The van der Waals surface area contributed by atoms with Gasteiger partial charge < -0.3 is 24.9 Å². The lowest BCUT2D eigenvalue weighted by atomic mass is 10.0. The molecule has 0 saturated carbocycles. The van der Waals surface area contributed by atoms with Gasteiger partial charge in [-0.05, 0) is 67.9 Å². The van der Waals surface area contributed by atoms with Gasteiger partial charge >= 0.3 is 0 Å². The topological polar surface area (TPSA) is 79.0 Å². The zero-order valence-electron chi connectivity index (χ0n) is 16.9. The Morgan fingerprint density at radius 1 is 1.17 bits per heavy atom. The summed E-state index contributed by atoms with van der Waals surface area (Å²) >= 11 is 1.71. The van der Waals surface area contributed by atoms with Crippen molar-refractivity contribution in [2.24, 2.45) is 4.99 Å². The number of aliphatic imine (C=N–C) groups is 1. The van der Waals surface area contributed by atoms with Crippen LogP contribution in [0.25, 0.3) is 10.4 Å². The first kappa shape index (κ1) is 21.0. The number of furan rings is 1. The number of ether oxygens (including phenoxy) is 1. The first-order valence-corrected chi connectivity index (χ1v) is 10.3. The Labute approximate surface area is 175 Å². The predicted molar refractivity (Wildman–Crippen MR) is 117 cm³/mol. The highest BCUT2D eigenvalue weighted by molar-refractivity contribution is 7.15. The average molecular weight is 414 g/mol. The zero-order chi connectivity index (χ0) is 20.7. The molecule has 3 aromatic rings. The summed E-state index contributed by atoms with van der Waals surface area (Å²) in [5.74, 6) is 2.02. The molecule has 0 amide bonds. The van der Waals surface area contributed by atoms with Gasteiger partial charge in [-0.25, -0.2) is 4.99 Å². The molecule has 0 aliphatic rings. The number of nitrogens with zero attached hydrogens (tertiary/aromatic N) is 1. The lowest BCUT2D eigenvalue weighted by Crippen LogP contribution is -2.44. The Bertz CT molecular complexity index is 915. The van der Waals surface area contributed by atoms with Crippen molar-refractivity contribution in [1.29, 1.82) is 0 Å². The highest BCUT2D eigenvalue weighted by Gasteiger charge is 2.26. The summed E-state index contributed by atoms with van der Waals surface area (Å²) in [5.41, 5.74) is 0.0370. The SMILES string of the molecule is CCNC(=NCc1ccc(-c2ccc(OC)cc2)s1)NCC(C)(O)c1ccco1. The Kier molecular flexibility index (Phi) is 6.95. The van der Waals surface area contributed by atoms with Gasteiger partial charge in [0.15, 0.2) is 5.96 Å². The minimum Gasteiger partial charge on any atom is -0.497 e. The molecule has 0 saturated heterocycles. The van der Waals surface area contributed by atoms with E-state index in [1.54, 1.807) is 43.8 Å². The molecule has 6 nitrogen and oxygen atoms in total. The number of thiophene rings is 1. The number of guanidine groups is 1. The van der Waals surface area contributed by atoms with Crippen LogP contribution in [0.3, 0.4) is 0 Å². The van der Waals surface area contributed by atoms with Crippen LogP contribution in [0, 0.1) is 0 Å². The van der Waals surface area contributed by atoms with E-state index in [4.69, 9.17) is 9.15 Å². The molecule has 0 aliphatic carbocycles. The summed E-state index contributed by atoms with van der Waals surface area (Å²) in [6.07, 6.45) is 1.56. The molecule has 154 valence electrons. The van der Waals surface area contributed by atoms with Gasteiger partial charge in [0.05, 0.1) is 26.5 Å². The molecule has 3 rings (SSSR count). The predicted octanol–water partition coefficient (Wildman–Crippen LogP) is 3.98. The summed E-state index contributed by atoms with van der Waals surface area (Å²) in [7, 11) is 1.67. The van der Waals surface area contributed by atoms with Crippen molar-refractivity contribution in [3.05, 3.63) is 65.4 Å². The van der Waals surface area contributed by atoms with Crippen LogP contribution >= 0.6 is 11.3 Å². The maximum Gasteiger partial charge on any atom is 0.191 e. The fourth-order valence-corrected chi connectivity index (χ4v) is 3.74. The van der Waals surface area contributed by atoms with E-state index in [0.717, 1.165) is 22.7 Å². The molecule has 1 unspecified atom stereocenters. The van der Waals surface area contributed by atoms with Gasteiger partial charge in [-0.3, -0.25) is 0 Å². The maximum atomic E-state index is 10.6. The molecule has 0 radical (unpaired) electrons. The Morgan fingerprint density at radius 2 is 1.97 bits per heavy atom. The Morgan fingerprint density at radius 3 is 2.62 bits per heavy atom. The molecule has 1 atom stereocenters. The van der Waals surface area contributed by atoms with E-state index in [1.165, 1.54) is 4.88 Å². The number of aliphatic hydroxyl groups is 1. The van der Waals surface area contributed by atoms with Crippen molar-refractivity contribution in [1.82, 2.24) is 10.6 Å². The average Bonchev–Trinajstić information content (AvgIpc) is 3.43. The Balaban J connectivity index is 1.63. The van der Waals surface area contributed by atoms with Crippen LogP contribution in [0.1, 0.15) is 24.5 Å². The normalized spacial score (nSPS) is 13.7. The molecule has 2 heterocycles. The summed E-state index contributed by atoms with van der Waals surface area (Å²) in [6.45, 7) is 5.29. The van der Waals surface area contributed by atoms with Crippen molar-refractivity contribution in [3.8, 4) is 16.2 Å². The van der Waals surface area contributed by atoms with Crippen LogP contribution in [0.4, 0.5) is 0 Å². The lowest BCUT2D eigenvalue weighted by Gasteiger charge is -2.22. The standard InChI is InChI=1S/C22H27N3O3S/c1-4-23-21(25-15-22(2,26)20-6-5-13-28-20)24-14-18-11-12-19(29-18)16-7-9-17(27-3)10-8-16/h5-13,26H,4,14-15H2,1-3H3,(H2,23,24,25). The first-order valence-electron chi connectivity index (χ1n) is 9.53. The monoisotopic (exact) mass is 413 g/mol. The third kappa shape index (κ3) is 5.62. The van der Waals surface area contributed by atoms with Gasteiger partial charge in [-0.15, -0.1) is 11.3 Å². The highest BCUT2D eigenvalue weighted by Crippen LogP contribution is 2.29. The largest absolute Gasteiger partial charge is 0.497 e. The molecule has 3 N–H and O–H groups in total. The van der Waals surface area contributed by atoms with Crippen LogP contribution in [0.5, 0.6) is 5.75 Å². The molecule has 0 aliphatic heterocycles. The first-order chi connectivity index (χ1) is 14.0. The van der Waals surface area contributed by atoms with E-state index in [9.17, 15) is 5.11 Å². The van der Waals surface area contributed by atoms with Crippen LogP contribution in [0.2, 0.25) is 0 Å². The van der Waals surface area contributed by atoms with Gasteiger partial charge in [-0.1, -0.05) is 0 Å². The molecule has 7 heteroatoms. The van der Waals surface area contributed by atoms with Crippen molar-refractivity contribution >= 4 is 17.3 Å². The molecule has 2 aromatic heterocycles. The highest BCUT2D eigenvalue weighted by atomic mass is 32.1. The molecule has 0 fully saturated rings. The summed E-state index contributed by atoms with van der Waals surface area (Å²) in [4.78, 5) is 7.00. The number of benzene rings is 1. The van der Waals surface area contributed by atoms with E-state index >= 15 is 0 Å². The minimum atomic E-state index is -1.12. The molecule has 0 spiro atoms. The third-order valence-electron chi connectivity index (χ3n) is 4.43. The van der Waals surface area contributed by atoms with Crippen LogP contribution in [-0.4, -0.2) is 31.3 Å². The van der Waals surface area contributed by atoms with Crippen molar-refractivity contribution < 1.29 is 14.3 Å². The quantitative estimate of drug-likeness (QED) is 0.385. The maximum absolute atomic E-state index is 10.6. The van der Waals surface area contributed by atoms with E-state index in [1.807, 2.05) is 19.1 Å². The van der Waals surface area contributed by atoms with Crippen LogP contribution in [0.15, 0.2) is 64.2 Å². The van der Waals surface area contributed by atoms with Gasteiger partial charge in [0, 0.05) is 16.3 Å². The summed E-state index contributed by atoms with van der Waals surface area (Å²) < 4.78 is 10.5. The number of methoxy groups -OCH3 is 1. The lowest BCUT2D eigenvalue weighted by molar-refractivity contribution is 0.0386. The van der Waals surface area contributed by atoms with Crippen LogP contribution < -0.4 is 15.4 Å². The van der Waals surface area contributed by atoms with E-state index in [-0.39, 0.29) is 6.54 Å². The van der Waals surface area contributed by atoms with Gasteiger partial charge in [0.1, 0.15) is 17.1 Å². The van der Waals surface area contributed by atoms with Gasteiger partial charge in [0.25, 0.3) is 0 Å². The zero-order valence-corrected chi connectivity index (χ0v) is 17.8. The second kappa shape index (κ2) is 9.62. The molecule has 29 heavy (non-hydrogen) atoms. The fourth-order valence-electron chi connectivity index (χ4n) is 2.80.